The number of nitrogen functional groups attached to an aromatic ring is 2. The van der Waals surface area contributed by atoms with E-state index in [0.717, 1.165) is 0 Å². The first-order valence-electron chi connectivity index (χ1n) is 5.78. The molecule has 5 N–H and O–H groups in total. The summed E-state index contributed by atoms with van der Waals surface area (Å²) in [6.45, 7) is 0. The van der Waals surface area contributed by atoms with Crippen molar-refractivity contribution in [2.24, 2.45) is 0 Å². The number of fused-ring (bicyclic) bond motifs is 2. The summed E-state index contributed by atoms with van der Waals surface area (Å²) in [5, 5.41) is 0.709. The predicted molar refractivity (Wildman–Crippen MR) is 78.9 cm³/mol. The van der Waals surface area contributed by atoms with Crippen LogP contribution < -0.4 is 27.0 Å². The molecule has 0 atom stereocenters. The molecule has 98 valence electrons. The summed E-state index contributed by atoms with van der Waals surface area (Å²) in [4.78, 5) is 12.3. The standard InChI is InChI=1S/C13H14N3O2P/c1-16-10-4-2-8(14)6-12(10)19(17,18)13-7-9(15)3-5-11(13)16/h2-7H,14-15H2,1H3,(H,17,18). The van der Waals surface area contributed by atoms with Crippen LogP contribution in [0.25, 0.3) is 0 Å². The number of rotatable bonds is 0. The predicted octanol–water partition coefficient (Wildman–Crippen LogP) is 1.15. The molecule has 6 heteroatoms. The average Bonchev–Trinajstić information content (AvgIpc) is 2.36. The quantitative estimate of drug-likeness (QED) is 0.495. The van der Waals surface area contributed by atoms with Crippen LogP contribution in [0.2, 0.25) is 0 Å². The van der Waals surface area contributed by atoms with Crippen LogP contribution in [0.1, 0.15) is 0 Å². The van der Waals surface area contributed by atoms with E-state index in [1.165, 1.54) is 0 Å². The summed E-state index contributed by atoms with van der Waals surface area (Å²) in [6.07, 6.45) is 0. The zero-order chi connectivity index (χ0) is 13.8. The highest BCUT2D eigenvalue weighted by Gasteiger charge is 2.36. The number of benzene rings is 2. The van der Waals surface area contributed by atoms with E-state index in [4.69, 9.17) is 11.5 Å². The smallest absolute Gasteiger partial charge is 0.263 e. The van der Waals surface area contributed by atoms with Crippen molar-refractivity contribution in [1.82, 2.24) is 0 Å². The minimum absolute atomic E-state index is 0.355. The maximum atomic E-state index is 12.7. The molecule has 0 saturated heterocycles. The Morgan fingerprint density at radius 1 is 1.00 bits per heavy atom. The molecule has 3 rings (SSSR count). The molecule has 0 amide bonds. The van der Waals surface area contributed by atoms with E-state index >= 15 is 0 Å². The molecule has 0 aliphatic carbocycles. The molecule has 0 spiro atoms. The van der Waals surface area contributed by atoms with Crippen molar-refractivity contribution < 1.29 is 9.46 Å². The van der Waals surface area contributed by atoms with E-state index in [-0.39, 0.29) is 0 Å². The van der Waals surface area contributed by atoms with Gasteiger partial charge in [0.2, 0.25) is 0 Å². The summed E-state index contributed by atoms with van der Waals surface area (Å²) in [7, 11) is -1.81. The Hall–Kier alpha value is -1.97. The Balaban J connectivity index is 2.37. The molecule has 5 nitrogen and oxygen atoms in total. The molecule has 19 heavy (non-hydrogen) atoms. The van der Waals surface area contributed by atoms with E-state index in [1.807, 2.05) is 11.9 Å². The molecule has 0 aromatic heterocycles. The summed E-state index contributed by atoms with van der Waals surface area (Å²) < 4.78 is 12.7. The van der Waals surface area contributed by atoms with E-state index in [0.29, 0.717) is 33.4 Å². The lowest BCUT2D eigenvalue weighted by Crippen LogP contribution is -2.33. The summed E-state index contributed by atoms with van der Waals surface area (Å²) in [6, 6.07) is 10.1. The molecular weight excluding hydrogens is 261 g/mol. The van der Waals surface area contributed by atoms with Gasteiger partial charge in [-0.05, 0) is 36.4 Å². The summed E-state index contributed by atoms with van der Waals surface area (Å²) in [5.41, 5.74) is 13.8. The molecule has 2 aromatic carbocycles. The van der Waals surface area contributed by atoms with Crippen molar-refractivity contribution in [3.05, 3.63) is 36.4 Å². The highest BCUT2D eigenvalue weighted by atomic mass is 31.2. The van der Waals surface area contributed by atoms with Gasteiger partial charge in [0, 0.05) is 18.4 Å². The van der Waals surface area contributed by atoms with Crippen LogP contribution in [-0.2, 0) is 4.57 Å². The fourth-order valence-corrected chi connectivity index (χ4v) is 4.37. The SMILES string of the molecule is CN1c2ccc(N)cc2P(=O)(O)c2cc(N)ccc21. The zero-order valence-corrected chi connectivity index (χ0v) is 11.3. The molecule has 0 unspecified atom stereocenters. The van der Waals surface area contributed by atoms with Gasteiger partial charge in [-0.15, -0.1) is 0 Å². The first-order valence-corrected chi connectivity index (χ1v) is 7.44. The lowest BCUT2D eigenvalue weighted by atomic mass is 10.2. The molecule has 0 saturated carbocycles. The maximum absolute atomic E-state index is 12.7. The monoisotopic (exact) mass is 275 g/mol. The van der Waals surface area contributed by atoms with Crippen molar-refractivity contribution in [3.63, 3.8) is 0 Å². The van der Waals surface area contributed by atoms with E-state index < -0.39 is 7.37 Å². The Bertz CT molecular complexity index is 672. The van der Waals surface area contributed by atoms with E-state index in [9.17, 15) is 9.46 Å². The molecule has 2 aromatic rings. The summed E-state index contributed by atoms with van der Waals surface area (Å²) in [5.74, 6) is 0. The minimum Gasteiger partial charge on any atom is -0.399 e. The molecule has 0 fully saturated rings. The molecule has 0 radical (unpaired) electrons. The number of nitrogens with two attached hydrogens (primary N) is 2. The highest BCUT2D eigenvalue weighted by molar-refractivity contribution is 7.74. The minimum atomic E-state index is -3.66. The largest absolute Gasteiger partial charge is 0.399 e. The van der Waals surface area contributed by atoms with Crippen LogP contribution in [0.3, 0.4) is 0 Å². The van der Waals surface area contributed by atoms with Crippen molar-refractivity contribution in [2.75, 3.05) is 23.4 Å². The van der Waals surface area contributed by atoms with Crippen molar-refractivity contribution >= 4 is 40.7 Å². The van der Waals surface area contributed by atoms with Gasteiger partial charge in [-0.25, -0.2) is 0 Å². The average molecular weight is 275 g/mol. The highest BCUT2D eigenvalue weighted by Crippen LogP contribution is 2.49. The van der Waals surface area contributed by atoms with Crippen LogP contribution in [0.15, 0.2) is 36.4 Å². The van der Waals surface area contributed by atoms with Crippen LogP contribution in [0, 0.1) is 0 Å². The van der Waals surface area contributed by atoms with Crippen molar-refractivity contribution in [2.45, 2.75) is 0 Å². The Morgan fingerprint density at radius 2 is 1.42 bits per heavy atom. The van der Waals surface area contributed by atoms with Gasteiger partial charge in [0.1, 0.15) is 0 Å². The topological polar surface area (TPSA) is 92.6 Å². The number of nitrogens with zero attached hydrogens (tertiary/aromatic N) is 1. The zero-order valence-electron chi connectivity index (χ0n) is 10.4. The van der Waals surface area contributed by atoms with Crippen molar-refractivity contribution in [3.8, 4) is 0 Å². The van der Waals surface area contributed by atoms with Gasteiger partial charge in [0.05, 0.1) is 22.0 Å². The molecule has 0 bridgehead atoms. The van der Waals surface area contributed by atoms with Gasteiger partial charge < -0.3 is 21.3 Å². The van der Waals surface area contributed by atoms with Crippen molar-refractivity contribution in [1.29, 1.82) is 0 Å². The maximum Gasteiger partial charge on any atom is 0.263 e. The second-order valence-corrected chi connectivity index (χ2v) is 6.75. The van der Waals surface area contributed by atoms with Gasteiger partial charge in [-0.3, -0.25) is 4.57 Å². The first-order chi connectivity index (χ1) is 8.91. The molecular formula is C13H14N3O2P. The normalized spacial score (nSPS) is 15.8. The Labute approximate surface area is 110 Å². The Kier molecular flexibility index (Phi) is 2.39. The van der Waals surface area contributed by atoms with Crippen LogP contribution in [-0.4, -0.2) is 11.9 Å². The third kappa shape index (κ3) is 1.63. The molecule has 1 aliphatic rings. The van der Waals surface area contributed by atoms with Gasteiger partial charge in [0.15, 0.2) is 0 Å². The second-order valence-electron chi connectivity index (χ2n) is 4.63. The van der Waals surface area contributed by atoms with Crippen LogP contribution >= 0.6 is 7.37 Å². The second kappa shape index (κ2) is 3.76. The van der Waals surface area contributed by atoms with Gasteiger partial charge >= 0.3 is 0 Å². The fourth-order valence-electron chi connectivity index (χ4n) is 2.39. The molecule has 1 heterocycles. The third-order valence-electron chi connectivity index (χ3n) is 3.37. The number of anilines is 4. The van der Waals surface area contributed by atoms with E-state index in [2.05, 4.69) is 0 Å². The number of hydrogen-bond acceptors (Lipinski definition) is 4. The van der Waals surface area contributed by atoms with Gasteiger partial charge in [-0.1, -0.05) is 0 Å². The lowest BCUT2D eigenvalue weighted by molar-refractivity contribution is 0.500. The molecule has 1 aliphatic heterocycles. The van der Waals surface area contributed by atoms with Crippen LogP contribution in [0.4, 0.5) is 22.7 Å². The fraction of sp³-hybridized carbons (Fsp3) is 0.0769. The van der Waals surface area contributed by atoms with E-state index in [1.54, 1.807) is 36.4 Å². The third-order valence-corrected chi connectivity index (χ3v) is 5.40. The lowest BCUT2D eigenvalue weighted by Gasteiger charge is -2.33. The number of hydrogen-bond donors (Lipinski definition) is 3. The Morgan fingerprint density at radius 3 is 1.84 bits per heavy atom. The van der Waals surface area contributed by atoms with Gasteiger partial charge in [-0.2, -0.15) is 0 Å². The van der Waals surface area contributed by atoms with Crippen LogP contribution in [0.5, 0.6) is 0 Å². The first kappa shape index (κ1) is 12.1. The van der Waals surface area contributed by atoms with Gasteiger partial charge in [0.25, 0.3) is 7.37 Å². The summed E-state index contributed by atoms with van der Waals surface area (Å²) >= 11 is 0.